The SMILES string of the molecule is CCCN1CC(CN(C)C)NCC1(C)C. The van der Waals surface area contributed by atoms with Crippen molar-refractivity contribution < 1.29 is 0 Å². The van der Waals surface area contributed by atoms with Gasteiger partial charge >= 0.3 is 0 Å². The predicted molar refractivity (Wildman–Crippen MR) is 66.3 cm³/mol. The smallest absolute Gasteiger partial charge is 0.0323 e. The van der Waals surface area contributed by atoms with Crippen LogP contribution in [0.1, 0.15) is 27.2 Å². The van der Waals surface area contributed by atoms with Crippen LogP contribution in [-0.2, 0) is 0 Å². The highest BCUT2D eigenvalue weighted by molar-refractivity contribution is 4.93. The van der Waals surface area contributed by atoms with E-state index in [-0.39, 0.29) is 0 Å². The lowest BCUT2D eigenvalue weighted by Gasteiger charge is -2.46. The van der Waals surface area contributed by atoms with Gasteiger partial charge in [-0.05, 0) is 40.9 Å². The molecule has 90 valence electrons. The molecule has 0 bridgehead atoms. The van der Waals surface area contributed by atoms with E-state index >= 15 is 0 Å². The van der Waals surface area contributed by atoms with Crippen LogP contribution in [0.25, 0.3) is 0 Å². The van der Waals surface area contributed by atoms with Crippen molar-refractivity contribution in [1.29, 1.82) is 0 Å². The maximum atomic E-state index is 3.65. The van der Waals surface area contributed by atoms with Gasteiger partial charge in [0.25, 0.3) is 0 Å². The molecule has 1 atom stereocenters. The maximum absolute atomic E-state index is 3.65. The number of nitrogens with zero attached hydrogens (tertiary/aromatic N) is 2. The van der Waals surface area contributed by atoms with E-state index in [2.05, 4.69) is 50.0 Å². The number of hydrogen-bond donors (Lipinski definition) is 1. The summed E-state index contributed by atoms with van der Waals surface area (Å²) in [5, 5.41) is 3.65. The number of nitrogens with one attached hydrogen (secondary N) is 1. The third-order valence-electron chi connectivity index (χ3n) is 3.20. The van der Waals surface area contributed by atoms with E-state index in [0.717, 1.165) is 13.1 Å². The fourth-order valence-corrected chi connectivity index (χ4v) is 2.31. The molecule has 0 aliphatic carbocycles. The van der Waals surface area contributed by atoms with E-state index in [1.807, 2.05) is 0 Å². The molecular formula is C12H27N3. The van der Waals surface area contributed by atoms with Gasteiger partial charge in [-0.3, -0.25) is 4.90 Å². The standard InChI is InChI=1S/C12H27N3/c1-6-7-15-9-11(8-14(4)5)13-10-12(15,2)3/h11,13H,6-10H2,1-5H3. The molecular weight excluding hydrogens is 186 g/mol. The van der Waals surface area contributed by atoms with E-state index in [4.69, 9.17) is 0 Å². The van der Waals surface area contributed by atoms with E-state index in [9.17, 15) is 0 Å². The molecule has 0 saturated carbocycles. The van der Waals surface area contributed by atoms with Gasteiger partial charge in [0.05, 0.1) is 0 Å². The van der Waals surface area contributed by atoms with Crippen LogP contribution >= 0.6 is 0 Å². The lowest BCUT2D eigenvalue weighted by Crippen LogP contribution is -2.63. The largest absolute Gasteiger partial charge is 0.310 e. The van der Waals surface area contributed by atoms with Crippen LogP contribution in [0.5, 0.6) is 0 Å². The van der Waals surface area contributed by atoms with Crippen molar-refractivity contribution in [1.82, 2.24) is 15.1 Å². The molecule has 1 saturated heterocycles. The van der Waals surface area contributed by atoms with Crippen LogP contribution in [0.4, 0.5) is 0 Å². The van der Waals surface area contributed by atoms with E-state index in [1.165, 1.54) is 19.5 Å². The fraction of sp³-hybridized carbons (Fsp3) is 1.00. The molecule has 0 amide bonds. The maximum Gasteiger partial charge on any atom is 0.0323 e. The summed E-state index contributed by atoms with van der Waals surface area (Å²) in [6.45, 7) is 11.6. The summed E-state index contributed by atoms with van der Waals surface area (Å²) in [7, 11) is 4.29. The molecule has 15 heavy (non-hydrogen) atoms. The van der Waals surface area contributed by atoms with Crippen molar-refractivity contribution in [2.24, 2.45) is 0 Å². The van der Waals surface area contributed by atoms with Crippen LogP contribution < -0.4 is 5.32 Å². The van der Waals surface area contributed by atoms with Crippen molar-refractivity contribution in [3.8, 4) is 0 Å². The Kier molecular flexibility index (Phi) is 4.56. The highest BCUT2D eigenvalue weighted by Gasteiger charge is 2.33. The summed E-state index contributed by atoms with van der Waals surface area (Å²) < 4.78 is 0. The quantitative estimate of drug-likeness (QED) is 0.752. The summed E-state index contributed by atoms with van der Waals surface area (Å²) >= 11 is 0. The minimum Gasteiger partial charge on any atom is -0.310 e. The number of hydrogen-bond acceptors (Lipinski definition) is 3. The zero-order valence-electron chi connectivity index (χ0n) is 11.0. The molecule has 1 aliphatic heterocycles. The Bertz CT molecular complexity index is 189. The fourth-order valence-electron chi connectivity index (χ4n) is 2.31. The first-order valence-corrected chi connectivity index (χ1v) is 6.09. The Morgan fingerprint density at radius 3 is 2.60 bits per heavy atom. The van der Waals surface area contributed by atoms with Gasteiger partial charge in [-0.15, -0.1) is 0 Å². The van der Waals surface area contributed by atoms with Crippen molar-refractivity contribution in [3.63, 3.8) is 0 Å². The molecule has 3 nitrogen and oxygen atoms in total. The summed E-state index contributed by atoms with van der Waals surface area (Å²) in [6.07, 6.45) is 1.25. The van der Waals surface area contributed by atoms with Gasteiger partial charge in [-0.25, -0.2) is 0 Å². The molecule has 1 rings (SSSR count). The Balaban J connectivity index is 2.50. The van der Waals surface area contributed by atoms with Gasteiger partial charge in [0, 0.05) is 31.2 Å². The lowest BCUT2D eigenvalue weighted by molar-refractivity contribution is 0.0595. The van der Waals surface area contributed by atoms with E-state index in [1.54, 1.807) is 0 Å². The first-order valence-electron chi connectivity index (χ1n) is 6.09. The summed E-state index contributed by atoms with van der Waals surface area (Å²) in [5.74, 6) is 0. The average Bonchev–Trinajstić information content (AvgIpc) is 2.11. The second-order valence-corrected chi connectivity index (χ2v) is 5.60. The van der Waals surface area contributed by atoms with Crippen LogP contribution in [0.2, 0.25) is 0 Å². The molecule has 0 spiro atoms. The van der Waals surface area contributed by atoms with Crippen LogP contribution in [0, 0.1) is 0 Å². The molecule has 1 aliphatic rings. The summed E-state index contributed by atoms with van der Waals surface area (Å²) in [6, 6.07) is 0.625. The third-order valence-corrected chi connectivity index (χ3v) is 3.20. The Labute approximate surface area is 94.8 Å². The lowest BCUT2D eigenvalue weighted by atomic mass is 9.97. The third kappa shape index (κ3) is 3.74. The van der Waals surface area contributed by atoms with Gasteiger partial charge < -0.3 is 10.2 Å². The number of rotatable bonds is 4. The summed E-state index contributed by atoms with van der Waals surface area (Å²) in [5.41, 5.74) is 0.318. The molecule has 0 aromatic carbocycles. The molecule has 0 radical (unpaired) electrons. The number of piperazine rings is 1. The highest BCUT2D eigenvalue weighted by Crippen LogP contribution is 2.18. The van der Waals surface area contributed by atoms with Crippen molar-refractivity contribution >= 4 is 0 Å². The Hall–Kier alpha value is -0.120. The van der Waals surface area contributed by atoms with Gasteiger partial charge in [0.1, 0.15) is 0 Å². The second-order valence-electron chi connectivity index (χ2n) is 5.60. The average molecular weight is 213 g/mol. The zero-order valence-corrected chi connectivity index (χ0v) is 11.0. The minimum atomic E-state index is 0.318. The van der Waals surface area contributed by atoms with Gasteiger partial charge in [-0.1, -0.05) is 6.92 Å². The topological polar surface area (TPSA) is 18.5 Å². The van der Waals surface area contributed by atoms with Crippen molar-refractivity contribution in [3.05, 3.63) is 0 Å². The second kappa shape index (κ2) is 5.28. The first kappa shape index (κ1) is 12.9. The zero-order chi connectivity index (χ0) is 11.5. The molecule has 1 heterocycles. The molecule has 0 aromatic rings. The van der Waals surface area contributed by atoms with Gasteiger partial charge in [0.2, 0.25) is 0 Å². The Morgan fingerprint density at radius 1 is 1.40 bits per heavy atom. The molecule has 1 unspecified atom stereocenters. The number of likely N-dealkylation sites (N-methyl/N-ethyl adjacent to an activating group) is 1. The first-order chi connectivity index (χ1) is 6.95. The van der Waals surface area contributed by atoms with Crippen LogP contribution in [0.3, 0.4) is 0 Å². The van der Waals surface area contributed by atoms with Crippen LogP contribution in [0.15, 0.2) is 0 Å². The van der Waals surface area contributed by atoms with Crippen LogP contribution in [-0.4, -0.2) is 61.7 Å². The Morgan fingerprint density at radius 2 is 2.07 bits per heavy atom. The molecule has 3 heteroatoms. The van der Waals surface area contributed by atoms with Crippen molar-refractivity contribution in [2.75, 3.05) is 40.3 Å². The van der Waals surface area contributed by atoms with E-state index in [0.29, 0.717) is 11.6 Å². The molecule has 1 fully saturated rings. The molecule has 0 aromatic heterocycles. The summed E-state index contributed by atoms with van der Waals surface area (Å²) in [4.78, 5) is 4.89. The van der Waals surface area contributed by atoms with Gasteiger partial charge in [-0.2, -0.15) is 0 Å². The minimum absolute atomic E-state index is 0.318. The van der Waals surface area contributed by atoms with Crippen molar-refractivity contribution in [2.45, 2.75) is 38.8 Å². The monoisotopic (exact) mass is 213 g/mol. The highest BCUT2D eigenvalue weighted by atomic mass is 15.3. The van der Waals surface area contributed by atoms with E-state index < -0.39 is 0 Å². The predicted octanol–water partition coefficient (Wildman–Crippen LogP) is 1.01. The molecule has 1 N–H and O–H groups in total. The van der Waals surface area contributed by atoms with Gasteiger partial charge in [0.15, 0.2) is 0 Å². The normalized spacial score (nSPS) is 27.2.